The number of benzene rings is 2. The van der Waals surface area contributed by atoms with Crippen LogP contribution in [-0.2, 0) is 6.54 Å². The molecule has 10 heteroatoms. The first-order valence-electron chi connectivity index (χ1n) is 8.18. The molecule has 1 heterocycles. The molecule has 2 aromatic carbocycles. The Hall–Kier alpha value is -3.69. The minimum absolute atomic E-state index is 0.0268. The highest BCUT2D eigenvalue weighted by Gasteiger charge is 2.18. The zero-order chi connectivity index (χ0) is 20.1. The third-order valence-corrected chi connectivity index (χ3v) is 3.92. The first-order chi connectivity index (χ1) is 13.6. The van der Waals surface area contributed by atoms with Crippen molar-refractivity contribution in [1.29, 1.82) is 0 Å². The van der Waals surface area contributed by atoms with Crippen LogP contribution >= 0.6 is 0 Å². The van der Waals surface area contributed by atoms with E-state index in [1.807, 2.05) is 0 Å². The fraction of sp³-hybridized carbons (Fsp3) is 0.222. The fourth-order valence-electron chi connectivity index (χ4n) is 2.60. The molecule has 1 N–H and O–H groups in total. The van der Waals surface area contributed by atoms with Crippen molar-refractivity contribution in [3.05, 3.63) is 53.6 Å². The Kier molecular flexibility index (Phi) is 5.68. The van der Waals surface area contributed by atoms with Crippen LogP contribution in [0.2, 0.25) is 0 Å². The van der Waals surface area contributed by atoms with Crippen molar-refractivity contribution in [2.45, 2.75) is 6.54 Å². The van der Waals surface area contributed by atoms with E-state index in [0.29, 0.717) is 34.3 Å². The molecule has 0 spiro atoms. The monoisotopic (exact) mass is 387 g/mol. The van der Waals surface area contributed by atoms with E-state index in [1.165, 1.54) is 50.3 Å². The lowest BCUT2D eigenvalue weighted by atomic mass is 10.1. The maximum Gasteiger partial charge on any atom is 0.251 e. The number of aromatic nitrogens is 4. The number of hydrogen-bond donors (Lipinski definition) is 1. The molecule has 146 valence electrons. The number of rotatable bonds is 7. The SMILES string of the molecule is COc1cc(C(=O)NCc2nnnn2-c2cccc(F)c2)cc(OC)c1OC. The van der Waals surface area contributed by atoms with Gasteiger partial charge in [-0.2, -0.15) is 4.68 Å². The van der Waals surface area contributed by atoms with Gasteiger partial charge in [0, 0.05) is 5.56 Å². The summed E-state index contributed by atoms with van der Waals surface area (Å²) >= 11 is 0. The predicted molar refractivity (Wildman–Crippen MR) is 96.4 cm³/mol. The largest absolute Gasteiger partial charge is 0.493 e. The molecule has 3 rings (SSSR count). The van der Waals surface area contributed by atoms with Gasteiger partial charge >= 0.3 is 0 Å². The molecule has 0 fully saturated rings. The van der Waals surface area contributed by atoms with Gasteiger partial charge in [0.25, 0.3) is 5.91 Å². The Morgan fingerprint density at radius 2 is 1.82 bits per heavy atom. The van der Waals surface area contributed by atoms with Gasteiger partial charge in [0.1, 0.15) is 5.82 Å². The second-order valence-corrected chi connectivity index (χ2v) is 5.58. The summed E-state index contributed by atoms with van der Waals surface area (Å²) in [6.45, 7) is 0.0268. The van der Waals surface area contributed by atoms with Crippen LogP contribution in [0.1, 0.15) is 16.2 Å². The molecule has 0 saturated heterocycles. The standard InChI is InChI=1S/C18H18FN5O4/c1-26-14-7-11(8-15(27-2)17(14)28-3)18(25)20-10-16-21-22-23-24(16)13-6-4-5-12(19)9-13/h4-9H,10H2,1-3H3,(H,20,25). The van der Waals surface area contributed by atoms with Gasteiger partial charge in [-0.1, -0.05) is 6.07 Å². The quantitative estimate of drug-likeness (QED) is 0.659. The summed E-state index contributed by atoms with van der Waals surface area (Å²) in [5, 5.41) is 14.0. The molecular formula is C18H18FN5O4. The number of ether oxygens (including phenoxy) is 3. The average molecular weight is 387 g/mol. The fourth-order valence-corrected chi connectivity index (χ4v) is 2.60. The van der Waals surface area contributed by atoms with Crippen LogP contribution in [-0.4, -0.2) is 47.4 Å². The molecule has 0 unspecified atom stereocenters. The average Bonchev–Trinajstić information content (AvgIpc) is 3.19. The molecule has 0 atom stereocenters. The molecule has 28 heavy (non-hydrogen) atoms. The van der Waals surface area contributed by atoms with Gasteiger partial charge in [0.15, 0.2) is 17.3 Å². The number of nitrogens with one attached hydrogen (secondary N) is 1. The zero-order valence-corrected chi connectivity index (χ0v) is 15.5. The summed E-state index contributed by atoms with van der Waals surface area (Å²) in [6, 6.07) is 8.88. The minimum atomic E-state index is -0.416. The summed E-state index contributed by atoms with van der Waals surface area (Å²) in [5.41, 5.74) is 0.751. The van der Waals surface area contributed by atoms with E-state index in [9.17, 15) is 9.18 Å². The van der Waals surface area contributed by atoms with E-state index in [2.05, 4.69) is 20.8 Å². The molecule has 3 aromatic rings. The lowest BCUT2D eigenvalue weighted by Gasteiger charge is -2.14. The van der Waals surface area contributed by atoms with Crippen LogP contribution in [0.3, 0.4) is 0 Å². The van der Waals surface area contributed by atoms with Gasteiger partial charge in [0.05, 0.1) is 33.6 Å². The number of carbonyl (C=O) groups is 1. The first-order valence-corrected chi connectivity index (χ1v) is 8.18. The van der Waals surface area contributed by atoms with E-state index >= 15 is 0 Å². The van der Waals surface area contributed by atoms with E-state index in [0.717, 1.165) is 0 Å². The van der Waals surface area contributed by atoms with Gasteiger partial charge in [-0.05, 0) is 40.8 Å². The predicted octanol–water partition coefficient (Wildman–Crippen LogP) is 1.76. The maximum atomic E-state index is 13.4. The Balaban J connectivity index is 1.80. The number of tetrazole rings is 1. The van der Waals surface area contributed by atoms with Crippen molar-refractivity contribution in [2.24, 2.45) is 0 Å². The van der Waals surface area contributed by atoms with Gasteiger partial charge in [-0.15, -0.1) is 5.10 Å². The van der Waals surface area contributed by atoms with Crippen molar-refractivity contribution in [1.82, 2.24) is 25.5 Å². The summed E-state index contributed by atoms with van der Waals surface area (Å²) in [7, 11) is 4.41. The molecule has 0 aliphatic carbocycles. The Morgan fingerprint density at radius 3 is 2.43 bits per heavy atom. The number of amides is 1. The van der Waals surface area contributed by atoms with Crippen molar-refractivity contribution < 1.29 is 23.4 Å². The zero-order valence-electron chi connectivity index (χ0n) is 15.5. The number of hydrogen-bond acceptors (Lipinski definition) is 7. The number of nitrogens with zero attached hydrogens (tertiary/aromatic N) is 4. The second-order valence-electron chi connectivity index (χ2n) is 5.58. The third kappa shape index (κ3) is 3.85. The van der Waals surface area contributed by atoms with Gasteiger partial charge < -0.3 is 19.5 Å². The van der Waals surface area contributed by atoms with E-state index in [-0.39, 0.29) is 6.54 Å². The van der Waals surface area contributed by atoms with Crippen molar-refractivity contribution >= 4 is 5.91 Å². The Labute approximate surface area is 160 Å². The van der Waals surface area contributed by atoms with E-state index in [1.54, 1.807) is 12.1 Å². The molecule has 0 aliphatic heterocycles. The Morgan fingerprint density at radius 1 is 1.11 bits per heavy atom. The third-order valence-electron chi connectivity index (χ3n) is 3.92. The van der Waals surface area contributed by atoms with Crippen LogP contribution in [0.15, 0.2) is 36.4 Å². The molecule has 0 radical (unpaired) electrons. The van der Waals surface area contributed by atoms with Gasteiger partial charge in [0.2, 0.25) is 5.75 Å². The molecule has 0 saturated carbocycles. The topological polar surface area (TPSA) is 100 Å². The highest BCUT2D eigenvalue weighted by Crippen LogP contribution is 2.38. The first kappa shape index (κ1) is 19.1. The lowest BCUT2D eigenvalue weighted by molar-refractivity contribution is 0.0948. The second kappa shape index (κ2) is 8.33. The minimum Gasteiger partial charge on any atom is -0.493 e. The number of halogens is 1. The van der Waals surface area contributed by atoms with Crippen LogP contribution < -0.4 is 19.5 Å². The van der Waals surface area contributed by atoms with Crippen LogP contribution in [0.4, 0.5) is 4.39 Å². The summed E-state index contributed by atoms with van der Waals surface area (Å²) in [4.78, 5) is 12.6. The van der Waals surface area contributed by atoms with Crippen LogP contribution in [0, 0.1) is 5.82 Å². The van der Waals surface area contributed by atoms with Crippen LogP contribution in [0.25, 0.3) is 5.69 Å². The van der Waals surface area contributed by atoms with Crippen molar-refractivity contribution in [2.75, 3.05) is 21.3 Å². The number of methoxy groups -OCH3 is 3. The molecule has 0 bridgehead atoms. The highest BCUT2D eigenvalue weighted by atomic mass is 19.1. The van der Waals surface area contributed by atoms with Gasteiger partial charge in [-0.3, -0.25) is 4.79 Å². The molecular weight excluding hydrogens is 369 g/mol. The molecule has 1 amide bonds. The van der Waals surface area contributed by atoms with E-state index < -0.39 is 11.7 Å². The summed E-state index contributed by atoms with van der Waals surface area (Å²) in [6.07, 6.45) is 0. The van der Waals surface area contributed by atoms with Crippen molar-refractivity contribution in [3.8, 4) is 22.9 Å². The smallest absolute Gasteiger partial charge is 0.251 e. The maximum absolute atomic E-state index is 13.4. The van der Waals surface area contributed by atoms with E-state index in [4.69, 9.17) is 14.2 Å². The van der Waals surface area contributed by atoms with Gasteiger partial charge in [-0.25, -0.2) is 4.39 Å². The summed E-state index contributed by atoms with van der Waals surface area (Å²) in [5.74, 6) is 0.629. The summed E-state index contributed by atoms with van der Waals surface area (Å²) < 4.78 is 30.5. The molecule has 0 aliphatic rings. The molecule has 9 nitrogen and oxygen atoms in total. The van der Waals surface area contributed by atoms with Crippen molar-refractivity contribution in [3.63, 3.8) is 0 Å². The Bertz CT molecular complexity index is 967. The number of carbonyl (C=O) groups excluding carboxylic acids is 1. The van der Waals surface area contributed by atoms with Crippen LogP contribution in [0.5, 0.6) is 17.2 Å². The highest BCUT2D eigenvalue weighted by molar-refractivity contribution is 5.95. The lowest BCUT2D eigenvalue weighted by Crippen LogP contribution is -2.25. The molecule has 1 aromatic heterocycles. The normalized spacial score (nSPS) is 10.4.